The van der Waals surface area contributed by atoms with Crippen LogP contribution in [0.25, 0.3) is 0 Å². The van der Waals surface area contributed by atoms with Gasteiger partial charge in [-0.1, -0.05) is 13.8 Å². The zero-order valence-corrected chi connectivity index (χ0v) is 9.53. The maximum Gasteiger partial charge on any atom is 0.157 e. The number of hydrogen-bond donors (Lipinski definition) is 0. The number of rotatable bonds is 2. The highest BCUT2D eigenvalue weighted by Gasteiger charge is 2.41. The molecule has 2 saturated heterocycles. The average Bonchev–Trinajstić information content (AvgIpc) is 2.31. The van der Waals surface area contributed by atoms with Crippen molar-refractivity contribution in [3.05, 3.63) is 0 Å². The summed E-state index contributed by atoms with van der Waals surface area (Å²) < 4.78 is 22.4. The highest BCUT2D eigenvalue weighted by atomic mass is 16.7. The van der Waals surface area contributed by atoms with E-state index in [4.69, 9.17) is 18.9 Å². The Hall–Kier alpha value is -0.160. The molecule has 0 aromatic heterocycles. The first-order valence-electron chi connectivity index (χ1n) is 5.74. The zero-order valence-electron chi connectivity index (χ0n) is 9.53. The molecular weight excluding hydrogens is 196 g/mol. The van der Waals surface area contributed by atoms with E-state index in [9.17, 15) is 0 Å². The fraction of sp³-hybridized carbons (Fsp3) is 1.00. The third-order valence-electron chi connectivity index (χ3n) is 2.97. The van der Waals surface area contributed by atoms with Crippen molar-refractivity contribution in [1.29, 1.82) is 0 Å². The Labute approximate surface area is 90.8 Å². The van der Waals surface area contributed by atoms with Gasteiger partial charge in [0.25, 0.3) is 0 Å². The molecule has 88 valence electrons. The molecule has 0 atom stereocenters. The molecule has 0 bridgehead atoms. The van der Waals surface area contributed by atoms with Gasteiger partial charge in [-0.25, -0.2) is 0 Å². The van der Waals surface area contributed by atoms with E-state index in [2.05, 4.69) is 13.8 Å². The van der Waals surface area contributed by atoms with Crippen molar-refractivity contribution < 1.29 is 18.9 Å². The van der Waals surface area contributed by atoms with E-state index >= 15 is 0 Å². The van der Waals surface area contributed by atoms with E-state index in [0.29, 0.717) is 26.4 Å². The highest BCUT2D eigenvalue weighted by molar-refractivity contribution is 4.84. The fourth-order valence-electron chi connectivity index (χ4n) is 1.90. The van der Waals surface area contributed by atoms with Gasteiger partial charge in [0.05, 0.1) is 31.8 Å². The topological polar surface area (TPSA) is 36.9 Å². The fourth-order valence-corrected chi connectivity index (χ4v) is 1.90. The molecule has 2 aliphatic heterocycles. The minimum atomic E-state index is -0.0721. The van der Waals surface area contributed by atoms with Gasteiger partial charge in [0.1, 0.15) is 0 Å². The molecule has 0 unspecified atom stereocenters. The van der Waals surface area contributed by atoms with Crippen molar-refractivity contribution in [3.63, 3.8) is 0 Å². The number of ether oxygens (including phenoxy) is 4. The zero-order chi connectivity index (χ0) is 10.7. The second-order valence-corrected chi connectivity index (χ2v) is 4.42. The van der Waals surface area contributed by atoms with Crippen LogP contribution in [0.2, 0.25) is 0 Å². The van der Waals surface area contributed by atoms with Crippen LogP contribution in [-0.4, -0.2) is 39.0 Å². The van der Waals surface area contributed by atoms with Crippen molar-refractivity contribution in [2.45, 2.75) is 39.3 Å². The van der Waals surface area contributed by atoms with Crippen LogP contribution in [0.5, 0.6) is 0 Å². The van der Waals surface area contributed by atoms with Crippen LogP contribution in [0.15, 0.2) is 0 Å². The van der Waals surface area contributed by atoms with E-state index in [1.807, 2.05) is 0 Å². The van der Waals surface area contributed by atoms with Crippen LogP contribution in [-0.2, 0) is 18.9 Å². The lowest BCUT2D eigenvalue weighted by molar-refractivity contribution is -0.302. The molecule has 2 rings (SSSR count). The molecule has 1 spiro atoms. The third-order valence-corrected chi connectivity index (χ3v) is 2.97. The lowest BCUT2D eigenvalue weighted by atomic mass is 9.90. The summed E-state index contributed by atoms with van der Waals surface area (Å²) in [6.07, 6.45) is 1.71. The monoisotopic (exact) mass is 216 g/mol. The minimum Gasteiger partial charge on any atom is -0.352 e. The molecule has 0 aromatic carbocycles. The maximum absolute atomic E-state index is 5.61. The van der Waals surface area contributed by atoms with Crippen LogP contribution in [0, 0.1) is 5.41 Å². The molecule has 0 N–H and O–H groups in total. The average molecular weight is 216 g/mol. The van der Waals surface area contributed by atoms with Gasteiger partial charge in [-0.15, -0.1) is 0 Å². The normalized spacial score (nSPS) is 42.0. The molecule has 4 nitrogen and oxygen atoms in total. The van der Waals surface area contributed by atoms with Gasteiger partial charge in [-0.05, 0) is 12.8 Å². The van der Waals surface area contributed by atoms with Crippen molar-refractivity contribution in [3.8, 4) is 0 Å². The van der Waals surface area contributed by atoms with E-state index in [0.717, 1.165) is 12.8 Å². The first kappa shape index (κ1) is 11.3. The van der Waals surface area contributed by atoms with Crippen LogP contribution in [0.4, 0.5) is 0 Å². The van der Waals surface area contributed by atoms with Gasteiger partial charge in [0.2, 0.25) is 0 Å². The lowest BCUT2D eigenvalue weighted by Gasteiger charge is -2.43. The second kappa shape index (κ2) is 4.78. The summed E-state index contributed by atoms with van der Waals surface area (Å²) in [5, 5.41) is 0. The largest absolute Gasteiger partial charge is 0.352 e. The molecule has 2 aliphatic rings. The van der Waals surface area contributed by atoms with Gasteiger partial charge in [-0.2, -0.15) is 0 Å². The van der Waals surface area contributed by atoms with Crippen LogP contribution >= 0.6 is 0 Å². The molecule has 0 saturated carbocycles. The molecule has 0 aliphatic carbocycles. The highest BCUT2D eigenvalue weighted by Crippen LogP contribution is 2.31. The Morgan fingerprint density at radius 3 is 1.40 bits per heavy atom. The van der Waals surface area contributed by atoms with E-state index in [-0.39, 0.29) is 18.0 Å². The molecule has 0 aromatic rings. The van der Waals surface area contributed by atoms with E-state index in [1.165, 1.54) is 0 Å². The minimum absolute atomic E-state index is 0.0421. The van der Waals surface area contributed by atoms with Gasteiger partial charge >= 0.3 is 0 Å². The van der Waals surface area contributed by atoms with Crippen LogP contribution in [0.3, 0.4) is 0 Å². The first-order chi connectivity index (χ1) is 7.28. The third kappa shape index (κ3) is 2.50. The lowest BCUT2D eigenvalue weighted by Crippen LogP contribution is -2.52. The maximum atomic E-state index is 5.61. The Morgan fingerprint density at radius 2 is 1.13 bits per heavy atom. The molecule has 4 heteroatoms. The van der Waals surface area contributed by atoms with Gasteiger partial charge in [-0.3, -0.25) is 0 Å². The Morgan fingerprint density at radius 1 is 0.800 bits per heavy atom. The summed E-state index contributed by atoms with van der Waals surface area (Å²) in [5.74, 6) is 0. The predicted octanol–water partition coefficient (Wildman–Crippen LogP) is 1.54. The van der Waals surface area contributed by atoms with Crippen LogP contribution in [0.1, 0.15) is 26.7 Å². The Balaban J connectivity index is 1.83. The molecular formula is C11H20O4. The van der Waals surface area contributed by atoms with Crippen LogP contribution < -0.4 is 0 Å². The van der Waals surface area contributed by atoms with Crippen molar-refractivity contribution in [1.82, 2.24) is 0 Å². The van der Waals surface area contributed by atoms with Crippen molar-refractivity contribution in [2.75, 3.05) is 26.4 Å². The van der Waals surface area contributed by atoms with Crippen molar-refractivity contribution in [2.24, 2.45) is 5.41 Å². The molecule has 0 radical (unpaired) electrons. The summed E-state index contributed by atoms with van der Waals surface area (Å²) in [5.41, 5.74) is -0.0721. The Bertz CT molecular complexity index is 165. The summed E-state index contributed by atoms with van der Waals surface area (Å²) in [4.78, 5) is 0. The summed E-state index contributed by atoms with van der Waals surface area (Å²) >= 11 is 0. The summed E-state index contributed by atoms with van der Waals surface area (Å²) in [6.45, 7) is 6.85. The summed E-state index contributed by atoms with van der Waals surface area (Å²) in [6, 6.07) is 0. The molecule has 15 heavy (non-hydrogen) atoms. The Kier molecular flexibility index (Phi) is 3.61. The van der Waals surface area contributed by atoms with Crippen molar-refractivity contribution >= 4 is 0 Å². The quantitative estimate of drug-likeness (QED) is 0.701. The second-order valence-electron chi connectivity index (χ2n) is 4.42. The SMILES string of the molecule is CCC1OCC2(CO1)COC(CC)OC2. The molecule has 2 fully saturated rings. The predicted molar refractivity (Wildman–Crippen MR) is 54.4 cm³/mol. The van der Waals surface area contributed by atoms with E-state index in [1.54, 1.807) is 0 Å². The summed E-state index contributed by atoms with van der Waals surface area (Å²) in [7, 11) is 0. The van der Waals surface area contributed by atoms with Gasteiger partial charge in [0.15, 0.2) is 12.6 Å². The van der Waals surface area contributed by atoms with Gasteiger partial charge in [0, 0.05) is 0 Å². The molecule has 2 heterocycles. The first-order valence-corrected chi connectivity index (χ1v) is 5.74. The van der Waals surface area contributed by atoms with Gasteiger partial charge < -0.3 is 18.9 Å². The number of hydrogen-bond acceptors (Lipinski definition) is 4. The van der Waals surface area contributed by atoms with E-state index < -0.39 is 0 Å². The molecule has 0 amide bonds. The smallest absolute Gasteiger partial charge is 0.157 e. The standard InChI is InChI=1S/C11H20O4/c1-3-9-12-5-11(6-13-9)7-14-10(4-2)15-8-11/h9-10H,3-8H2,1-2H3.